The van der Waals surface area contributed by atoms with Gasteiger partial charge in [0, 0.05) is 12.5 Å². The maximum Gasteiger partial charge on any atom is 0.290 e. The number of amides is 1. The van der Waals surface area contributed by atoms with E-state index in [1.54, 1.807) is 0 Å². The number of carbonyl (C=O) groups excluding carboxylic acids is 1. The summed E-state index contributed by atoms with van der Waals surface area (Å²) in [4.78, 5) is 25.8. The third kappa shape index (κ3) is 2.28. The smallest absolute Gasteiger partial charge is 0.290 e. The average Bonchev–Trinajstić information content (AvgIpc) is 3.13. The van der Waals surface area contributed by atoms with E-state index in [9.17, 15) is 9.59 Å². The van der Waals surface area contributed by atoms with E-state index in [-0.39, 0.29) is 29.9 Å². The van der Waals surface area contributed by atoms with Gasteiger partial charge in [0.1, 0.15) is 0 Å². The molecule has 0 unspecified atom stereocenters. The van der Waals surface area contributed by atoms with Crippen molar-refractivity contribution in [3.63, 3.8) is 0 Å². The van der Waals surface area contributed by atoms with Gasteiger partial charge in [-0.25, -0.2) is 0 Å². The highest BCUT2D eigenvalue weighted by Gasteiger charge is 2.56. The van der Waals surface area contributed by atoms with Gasteiger partial charge in [0.05, 0.1) is 24.3 Å². The van der Waals surface area contributed by atoms with E-state index in [0.29, 0.717) is 5.92 Å². The van der Waals surface area contributed by atoms with Gasteiger partial charge in [-0.1, -0.05) is 6.42 Å². The van der Waals surface area contributed by atoms with Crippen molar-refractivity contribution in [2.75, 3.05) is 19.7 Å². The van der Waals surface area contributed by atoms with E-state index in [0.717, 1.165) is 26.1 Å². The molecule has 0 spiro atoms. The standard InChI is InChI=1S/C15H21N3O4/c19-11-8-10(22-17-11)15(20)16-12-9-4-7-21-14(9)13(12)18-5-2-1-3-6-18/h8-9,12-14H,1-7H2,(H,16,20)(H,17,19)/t9-,12+,13-,14-/m1/s1. The van der Waals surface area contributed by atoms with Gasteiger partial charge in [0.2, 0.25) is 5.76 Å². The fourth-order valence-corrected chi connectivity index (χ4v) is 4.14. The summed E-state index contributed by atoms with van der Waals surface area (Å²) >= 11 is 0. The number of ether oxygens (including phenoxy) is 1. The van der Waals surface area contributed by atoms with E-state index in [1.165, 1.54) is 25.3 Å². The highest BCUT2D eigenvalue weighted by Crippen LogP contribution is 2.42. The Bertz CT molecular complexity index is 604. The number of fused-ring (bicyclic) bond motifs is 1. The Balaban J connectivity index is 1.48. The van der Waals surface area contributed by atoms with Crippen LogP contribution in [0.3, 0.4) is 0 Å². The lowest BCUT2D eigenvalue weighted by atomic mass is 9.70. The predicted octanol–water partition coefficient (Wildman–Crippen LogP) is 0.339. The Kier molecular flexibility index (Phi) is 3.54. The van der Waals surface area contributed by atoms with Crippen molar-refractivity contribution in [3.8, 4) is 0 Å². The molecule has 2 aliphatic heterocycles. The summed E-state index contributed by atoms with van der Waals surface area (Å²) in [5, 5.41) is 5.20. The summed E-state index contributed by atoms with van der Waals surface area (Å²) < 4.78 is 10.8. The van der Waals surface area contributed by atoms with E-state index >= 15 is 0 Å². The lowest BCUT2D eigenvalue weighted by Gasteiger charge is -2.53. The molecule has 3 heterocycles. The number of hydrogen-bond acceptors (Lipinski definition) is 5. The van der Waals surface area contributed by atoms with Crippen LogP contribution < -0.4 is 10.9 Å². The number of aromatic amines is 1. The van der Waals surface area contributed by atoms with Crippen molar-refractivity contribution in [2.24, 2.45) is 5.92 Å². The van der Waals surface area contributed by atoms with Crippen molar-refractivity contribution >= 4 is 5.91 Å². The summed E-state index contributed by atoms with van der Waals surface area (Å²) in [6.07, 6.45) is 4.92. The van der Waals surface area contributed by atoms with E-state index in [4.69, 9.17) is 9.26 Å². The molecule has 7 nitrogen and oxygen atoms in total. The van der Waals surface area contributed by atoms with Crippen LogP contribution in [0.1, 0.15) is 36.2 Å². The number of nitrogens with zero attached hydrogens (tertiary/aromatic N) is 1. The predicted molar refractivity (Wildman–Crippen MR) is 77.6 cm³/mol. The molecule has 3 fully saturated rings. The zero-order valence-corrected chi connectivity index (χ0v) is 12.4. The minimum Gasteiger partial charge on any atom is -0.376 e. The van der Waals surface area contributed by atoms with Crippen LogP contribution in [-0.4, -0.2) is 53.8 Å². The lowest BCUT2D eigenvalue weighted by Crippen LogP contribution is -2.71. The number of nitrogens with one attached hydrogen (secondary N) is 2. The third-order valence-corrected chi connectivity index (χ3v) is 5.21. The van der Waals surface area contributed by atoms with Gasteiger partial charge in [-0.2, -0.15) is 5.16 Å². The number of H-pyrrole nitrogens is 1. The molecule has 1 aliphatic carbocycles. The Labute approximate surface area is 128 Å². The van der Waals surface area contributed by atoms with Crippen LogP contribution >= 0.6 is 0 Å². The molecule has 1 amide bonds. The molecule has 2 N–H and O–H groups in total. The SMILES string of the molecule is O=C(N[C@H]1[C@H]2CCO[C@H]2[C@@H]1N1CCCCC1)c1cc(=O)[nH]o1. The average molecular weight is 307 g/mol. The molecule has 4 rings (SSSR count). The zero-order chi connectivity index (χ0) is 15.1. The summed E-state index contributed by atoms with van der Waals surface area (Å²) in [7, 11) is 0. The van der Waals surface area contributed by atoms with Crippen molar-refractivity contribution < 1.29 is 14.1 Å². The lowest BCUT2D eigenvalue weighted by molar-refractivity contribution is -0.0864. The minimum atomic E-state index is -0.395. The highest BCUT2D eigenvalue weighted by molar-refractivity contribution is 5.91. The van der Waals surface area contributed by atoms with Crippen LogP contribution in [0.2, 0.25) is 0 Å². The maximum absolute atomic E-state index is 12.3. The number of aromatic nitrogens is 1. The second-order valence-electron chi connectivity index (χ2n) is 6.45. The molecule has 2 saturated heterocycles. The number of carbonyl (C=O) groups is 1. The Morgan fingerprint density at radius 1 is 1.32 bits per heavy atom. The first kappa shape index (κ1) is 14.0. The van der Waals surface area contributed by atoms with Crippen molar-refractivity contribution in [3.05, 3.63) is 22.2 Å². The normalized spacial score (nSPS) is 34.9. The second-order valence-corrected chi connectivity index (χ2v) is 6.45. The molecular formula is C15H21N3O4. The molecule has 7 heteroatoms. The van der Waals surface area contributed by atoms with Crippen molar-refractivity contribution in [1.29, 1.82) is 0 Å². The monoisotopic (exact) mass is 307 g/mol. The Morgan fingerprint density at radius 3 is 2.86 bits per heavy atom. The van der Waals surface area contributed by atoms with Crippen LogP contribution in [0, 0.1) is 5.92 Å². The van der Waals surface area contributed by atoms with Gasteiger partial charge in [0.15, 0.2) is 0 Å². The molecule has 1 saturated carbocycles. The maximum atomic E-state index is 12.3. The molecule has 4 atom stereocenters. The third-order valence-electron chi connectivity index (χ3n) is 5.21. The summed E-state index contributed by atoms with van der Waals surface area (Å²) in [5.41, 5.74) is -0.395. The highest BCUT2D eigenvalue weighted by atomic mass is 16.5. The molecule has 0 aromatic carbocycles. The minimum absolute atomic E-state index is 0.0461. The fraction of sp³-hybridized carbons (Fsp3) is 0.733. The quantitative estimate of drug-likeness (QED) is 0.841. The molecule has 0 bridgehead atoms. The van der Waals surface area contributed by atoms with Gasteiger partial charge in [-0.05, 0) is 32.4 Å². The van der Waals surface area contributed by atoms with E-state index < -0.39 is 5.56 Å². The van der Waals surface area contributed by atoms with Gasteiger partial charge in [-0.3, -0.25) is 14.5 Å². The zero-order valence-electron chi connectivity index (χ0n) is 12.4. The molecule has 0 radical (unpaired) electrons. The van der Waals surface area contributed by atoms with Crippen LogP contribution in [0.25, 0.3) is 0 Å². The van der Waals surface area contributed by atoms with Gasteiger partial charge < -0.3 is 14.6 Å². The van der Waals surface area contributed by atoms with Crippen molar-refractivity contribution in [2.45, 2.75) is 43.9 Å². The summed E-state index contributed by atoms with van der Waals surface area (Å²) in [6, 6.07) is 1.52. The van der Waals surface area contributed by atoms with Crippen LogP contribution in [0.15, 0.2) is 15.4 Å². The number of hydrogen-bond donors (Lipinski definition) is 2. The summed E-state index contributed by atoms with van der Waals surface area (Å²) in [5.74, 6) is 0.0991. The van der Waals surface area contributed by atoms with Crippen LogP contribution in [0.4, 0.5) is 0 Å². The fourth-order valence-electron chi connectivity index (χ4n) is 4.14. The molecule has 22 heavy (non-hydrogen) atoms. The molecular weight excluding hydrogens is 286 g/mol. The first-order valence-electron chi connectivity index (χ1n) is 8.09. The number of piperidine rings is 1. The topological polar surface area (TPSA) is 87.6 Å². The van der Waals surface area contributed by atoms with Gasteiger partial charge >= 0.3 is 0 Å². The first-order chi connectivity index (χ1) is 10.7. The largest absolute Gasteiger partial charge is 0.376 e. The molecule has 3 aliphatic rings. The van der Waals surface area contributed by atoms with Crippen LogP contribution in [0.5, 0.6) is 0 Å². The van der Waals surface area contributed by atoms with E-state index in [1.807, 2.05) is 0 Å². The number of likely N-dealkylation sites (tertiary alicyclic amines) is 1. The number of rotatable bonds is 3. The summed E-state index contributed by atoms with van der Waals surface area (Å²) in [6.45, 7) is 2.91. The molecule has 1 aromatic rings. The van der Waals surface area contributed by atoms with Gasteiger partial charge in [0.25, 0.3) is 11.5 Å². The second kappa shape index (κ2) is 5.55. The van der Waals surface area contributed by atoms with E-state index in [2.05, 4.69) is 15.4 Å². The first-order valence-corrected chi connectivity index (χ1v) is 8.09. The van der Waals surface area contributed by atoms with Gasteiger partial charge in [-0.15, -0.1) is 0 Å². The Morgan fingerprint density at radius 2 is 2.14 bits per heavy atom. The molecule has 120 valence electrons. The Hall–Kier alpha value is -1.60. The van der Waals surface area contributed by atoms with Crippen molar-refractivity contribution in [1.82, 2.24) is 15.4 Å². The van der Waals surface area contributed by atoms with Crippen LogP contribution in [-0.2, 0) is 4.74 Å². The molecule has 1 aromatic heterocycles.